The zero-order chi connectivity index (χ0) is 16.8. The van der Waals surface area contributed by atoms with E-state index in [1.807, 2.05) is 19.9 Å². The number of hydrogen-bond acceptors (Lipinski definition) is 4. The van der Waals surface area contributed by atoms with E-state index in [0.29, 0.717) is 11.4 Å². The number of rotatable bonds is 5. The van der Waals surface area contributed by atoms with Crippen molar-refractivity contribution in [3.8, 4) is 11.8 Å². The maximum atomic E-state index is 12.3. The summed E-state index contributed by atoms with van der Waals surface area (Å²) in [6.07, 6.45) is 3.19. The van der Waals surface area contributed by atoms with Gasteiger partial charge in [-0.2, -0.15) is 10.4 Å². The van der Waals surface area contributed by atoms with Crippen LogP contribution in [0.15, 0.2) is 36.0 Å². The number of anilines is 1. The summed E-state index contributed by atoms with van der Waals surface area (Å²) in [5, 5.41) is 16.2. The lowest BCUT2D eigenvalue weighted by Gasteiger charge is -2.09. The molecule has 6 heteroatoms. The number of hydrogen-bond donors (Lipinski definition) is 1. The van der Waals surface area contributed by atoms with Gasteiger partial charge in [-0.25, -0.2) is 0 Å². The quantitative estimate of drug-likeness (QED) is 0.680. The first-order valence-corrected chi connectivity index (χ1v) is 7.19. The molecule has 1 aromatic heterocycles. The van der Waals surface area contributed by atoms with E-state index < -0.39 is 5.91 Å². The monoisotopic (exact) mass is 310 g/mol. The fourth-order valence-electron chi connectivity index (χ4n) is 2.16. The Bertz CT molecular complexity index is 784. The van der Waals surface area contributed by atoms with Gasteiger partial charge in [0, 0.05) is 17.8 Å². The van der Waals surface area contributed by atoms with Gasteiger partial charge in [0.15, 0.2) is 0 Å². The second-order valence-corrected chi connectivity index (χ2v) is 4.83. The van der Waals surface area contributed by atoms with Gasteiger partial charge in [0.1, 0.15) is 17.4 Å². The number of nitrogens with one attached hydrogen (secondary N) is 1. The number of aromatic nitrogens is 2. The average Bonchev–Trinajstić information content (AvgIpc) is 2.92. The number of nitriles is 1. The minimum Gasteiger partial charge on any atom is -0.495 e. The highest BCUT2D eigenvalue weighted by atomic mass is 16.5. The van der Waals surface area contributed by atoms with E-state index in [1.54, 1.807) is 41.2 Å². The van der Waals surface area contributed by atoms with Crippen molar-refractivity contribution in [1.29, 1.82) is 5.26 Å². The standard InChI is InChI=1S/C17H18N4O2/c1-4-21-12(2)14(11-19-21)9-13(10-18)17(22)20-15-7-5-6-8-16(15)23-3/h5-9,11H,4H2,1-3H3,(H,20,22). The van der Waals surface area contributed by atoms with Gasteiger partial charge >= 0.3 is 0 Å². The number of methoxy groups -OCH3 is 1. The van der Waals surface area contributed by atoms with Gasteiger partial charge in [0.2, 0.25) is 0 Å². The first-order valence-electron chi connectivity index (χ1n) is 7.19. The minimum atomic E-state index is -0.486. The van der Waals surface area contributed by atoms with Crippen LogP contribution in [-0.2, 0) is 11.3 Å². The molecule has 0 aliphatic carbocycles. The second-order valence-electron chi connectivity index (χ2n) is 4.83. The molecule has 0 saturated carbocycles. The smallest absolute Gasteiger partial charge is 0.266 e. The first kappa shape index (κ1) is 16.3. The van der Waals surface area contributed by atoms with Gasteiger partial charge in [0.25, 0.3) is 5.91 Å². The molecule has 0 saturated heterocycles. The number of ether oxygens (including phenoxy) is 1. The number of aryl methyl sites for hydroxylation is 1. The molecule has 0 atom stereocenters. The molecule has 0 bridgehead atoms. The number of benzene rings is 1. The molecule has 23 heavy (non-hydrogen) atoms. The van der Waals surface area contributed by atoms with E-state index in [9.17, 15) is 10.1 Å². The van der Waals surface area contributed by atoms with Crippen molar-refractivity contribution in [2.24, 2.45) is 0 Å². The lowest BCUT2D eigenvalue weighted by molar-refractivity contribution is -0.112. The van der Waals surface area contributed by atoms with E-state index in [2.05, 4.69) is 10.4 Å². The van der Waals surface area contributed by atoms with Crippen LogP contribution in [0.25, 0.3) is 6.08 Å². The largest absolute Gasteiger partial charge is 0.495 e. The zero-order valence-electron chi connectivity index (χ0n) is 13.3. The Hall–Kier alpha value is -3.07. The lowest BCUT2D eigenvalue weighted by Crippen LogP contribution is -2.14. The van der Waals surface area contributed by atoms with Crippen LogP contribution in [0, 0.1) is 18.3 Å². The molecule has 1 N–H and O–H groups in total. The van der Waals surface area contributed by atoms with Crippen LogP contribution in [0.2, 0.25) is 0 Å². The molecular formula is C17H18N4O2. The second kappa shape index (κ2) is 7.27. The summed E-state index contributed by atoms with van der Waals surface area (Å²) >= 11 is 0. The van der Waals surface area contributed by atoms with E-state index in [4.69, 9.17) is 4.74 Å². The molecule has 118 valence electrons. The highest BCUT2D eigenvalue weighted by Gasteiger charge is 2.13. The average molecular weight is 310 g/mol. The summed E-state index contributed by atoms with van der Waals surface area (Å²) in [5.41, 5.74) is 2.18. The van der Waals surface area contributed by atoms with Gasteiger partial charge in [-0.1, -0.05) is 12.1 Å². The Balaban J connectivity index is 2.27. The summed E-state index contributed by atoms with van der Waals surface area (Å²) < 4.78 is 6.99. The minimum absolute atomic E-state index is 0.00894. The van der Waals surface area contributed by atoms with E-state index in [-0.39, 0.29) is 5.57 Å². The predicted octanol–water partition coefficient (Wildman–Crippen LogP) is 2.77. The molecule has 0 unspecified atom stereocenters. The fraction of sp³-hybridized carbons (Fsp3) is 0.235. The molecule has 0 aliphatic heterocycles. The summed E-state index contributed by atoms with van der Waals surface area (Å²) in [6.45, 7) is 4.61. The number of amides is 1. The van der Waals surface area contributed by atoms with Crippen molar-refractivity contribution in [3.63, 3.8) is 0 Å². The Morgan fingerprint density at radius 1 is 1.48 bits per heavy atom. The summed E-state index contributed by atoms with van der Waals surface area (Å²) in [6, 6.07) is 8.97. The van der Waals surface area contributed by atoms with E-state index in [0.717, 1.165) is 17.8 Å². The van der Waals surface area contributed by atoms with Crippen molar-refractivity contribution >= 4 is 17.7 Å². The van der Waals surface area contributed by atoms with E-state index in [1.165, 1.54) is 7.11 Å². The summed E-state index contributed by atoms with van der Waals surface area (Å²) in [4.78, 5) is 12.3. The highest BCUT2D eigenvalue weighted by molar-refractivity contribution is 6.10. The Morgan fingerprint density at radius 2 is 2.22 bits per heavy atom. The van der Waals surface area contributed by atoms with Crippen molar-refractivity contribution in [2.45, 2.75) is 20.4 Å². The van der Waals surface area contributed by atoms with Gasteiger partial charge in [-0.05, 0) is 32.1 Å². The van der Waals surface area contributed by atoms with Crippen molar-refractivity contribution < 1.29 is 9.53 Å². The first-order chi connectivity index (χ1) is 11.1. The highest BCUT2D eigenvalue weighted by Crippen LogP contribution is 2.23. The Labute approximate surface area is 135 Å². The molecule has 0 fully saturated rings. The van der Waals surface area contributed by atoms with Crippen LogP contribution in [0.4, 0.5) is 5.69 Å². The summed E-state index contributed by atoms with van der Waals surface area (Å²) in [5.74, 6) is 0.0498. The van der Waals surface area contributed by atoms with Gasteiger partial charge in [-0.15, -0.1) is 0 Å². The third kappa shape index (κ3) is 3.58. The van der Waals surface area contributed by atoms with Crippen LogP contribution in [0.3, 0.4) is 0 Å². The van der Waals surface area contributed by atoms with Crippen LogP contribution >= 0.6 is 0 Å². The number of carbonyl (C=O) groups excluding carboxylic acids is 1. The van der Waals surface area contributed by atoms with Crippen LogP contribution in [-0.4, -0.2) is 22.8 Å². The molecule has 1 amide bonds. The van der Waals surface area contributed by atoms with Gasteiger partial charge < -0.3 is 10.1 Å². The lowest BCUT2D eigenvalue weighted by atomic mass is 10.1. The summed E-state index contributed by atoms with van der Waals surface area (Å²) in [7, 11) is 1.52. The molecular weight excluding hydrogens is 292 g/mol. The maximum absolute atomic E-state index is 12.3. The Kier molecular flexibility index (Phi) is 5.15. The fourth-order valence-corrected chi connectivity index (χ4v) is 2.16. The van der Waals surface area contributed by atoms with Crippen LogP contribution in [0.1, 0.15) is 18.2 Å². The number of nitrogens with zero attached hydrogens (tertiary/aromatic N) is 3. The molecule has 0 aliphatic rings. The van der Waals surface area contributed by atoms with E-state index >= 15 is 0 Å². The molecule has 1 heterocycles. The predicted molar refractivity (Wildman–Crippen MR) is 87.9 cm³/mol. The van der Waals surface area contributed by atoms with Crippen molar-refractivity contribution in [3.05, 3.63) is 47.3 Å². The SMILES string of the molecule is CCn1ncc(C=C(C#N)C(=O)Nc2ccccc2OC)c1C. The molecule has 6 nitrogen and oxygen atoms in total. The Morgan fingerprint density at radius 3 is 2.83 bits per heavy atom. The van der Waals surface area contributed by atoms with Gasteiger partial charge in [-0.3, -0.25) is 9.48 Å². The van der Waals surface area contributed by atoms with Crippen molar-refractivity contribution in [2.75, 3.05) is 12.4 Å². The molecule has 1 aromatic carbocycles. The number of carbonyl (C=O) groups is 1. The topological polar surface area (TPSA) is 79.9 Å². The molecule has 0 spiro atoms. The molecule has 2 aromatic rings. The number of para-hydroxylation sites is 2. The van der Waals surface area contributed by atoms with Crippen molar-refractivity contribution in [1.82, 2.24) is 9.78 Å². The zero-order valence-corrected chi connectivity index (χ0v) is 13.3. The van der Waals surface area contributed by atoms with Crippen LogP contribution in [0.5, 0.6) is 5.75 Å². The maximum Gasteiger partial charge on any atom is 0.266 e. The normalized spacial score (nSPS) is 11.0. The van der Waals surface area contributed by atoms with Crippen LogP contribution < -0.4 is 10.1 Å². The third-order valence-electron chi connectivity index (χ3n) is 3.46. The molecule has 2 rings (SSSR count). The van der Waals surface area contributed by atoms with Gasteiger partial charge in [0.05, 0.1) is 19.0 Å². The third-order valence-corrected chi connectivity index (χ3v) is 3.46. The molecule has 0 radical (unpaired) electrons.